The average molecular weight is 365 g/mol. The van der Waals surface area contributed by atoms with E-state index in [9.17, 15) is 4.39 Å². The topological polar surface area (TPSA) is 62.9 Å². The molecule has 3 N–H and O–H groups in total. The van der Waals surface area contributed by atoms with Gasteiger partial charge in [-0.15, -0.1) is 0 Å². The number of nitrogens with two attached hydrogens (primary N) is 1. The lowest BCUT2D eigenvalue weighted by molar-refractivity contribution is -0.0227. The number of hydrazine groups is 1. The number of amidine groups is 1. The standard InChI is InChI=1S/C20H33FN4O/c1-13(2)20-24-19(10-11-25(20)22)23-15(4)18(12-14(3)21)16(5)26-17-8-6-7-9-17/h10-12,15-18H,6-9,22H2,1-5H3,(H,23,24)/b14-12+. The van der Waals surface area contributed by atoms with Crippen LogP contribution < -0.4 is 11.2 Å². The van der Waals surface area contributed by atoms with E-state index in [0.29, 0.717) is 0 Å². The molecule has 2 rings (SSSR count). The number of hydrogen-bond donors (Lipinski definition) is 2. The zero-order chi connectivity index (χ0) is 19.3. The van der Waals surface area contributed by atoms with Gasteiger partial charge in [0.2, 0.25) is 0 Å². The quantitative estimate of drug-likeness (QED) is 0.695. The largest absolute Gasteiger partial charge is 0.375 e. The van der Waals surface area contributed by atoms with Crippen LogP contribution in [0.15, 0.2) is 40.6 Å². The van der Waals surface area contributed by atoms with E-state index in [1.54, 1.807) is 12.3 Å². The van der Waals surface area contributed by atoms with Crippen LogP contribution in [-0.4, -0.2) is 29.1 Å². The molecule has 1 aliphatic carbocycles. The van der Waals surface area contributed by atoms with Crippen molar-refractivity contribution in [1.82, 2.24) is 10.3 Å². The Labute approximate surface area is 156 Å². The van der Waals surface area contributed by atoms with Gasteiger partial charge in [-0.1, -0.05) is 12.8 Å². The van der Waals surface area contributed by atoms with E-state index >= 15 is 0 Å². The molecule has 5 nitrogen and oxygen atoms in total. The highest BCUT2D eigenvalue weighted by molar-refractivity contribution is 5.95. The van der Waals surface area contributed by atoms with Gasteiger partial charge in [-0.05, 0) is 65.2 Å². The number of aliphatic imine (C=N–C) groups is 1. The number of nitrogens with one attached hydrogen (secondary N) is 1. The number of allylic oxidation sites excluding steroid dienone is 2. The van der Waals surface area contributed by atoms with Gasteiger partial charge in [0.05, 0.1) is 24.1 Å². The predicted molar refractivity (Wildman–Crippen MR) is 105 cm³/mol. The Morgan fingerprint density at radius 2 is 2.00 bits per heavy atom. The van der Waals surface area contributed by atoms with Gasteiger partial charge < -0.3 is 10.1 Å². The van der Waals surface area contributed by atoms with Crippen molar-refractivity contribution in [3.8, 4) is 0 Å². The summed E-state index contributed by atoms with van der Waals surface area (Å²) in [6, 6.07) is -0.132. The van der Waals surface area contributed by atoms with E-state index in [1.165, 1.54) is 24.8 Å². The first-order valence-corrected chi connectivity index (χ1v) is 9.51. The Morgan fingerprint density at radius 1 is 1.35 bits per heavy atom. The van der Waals surface area contributed by atoms with Gasteiger partial charge in [0, 0.05) is 12.1 Å². The van der Waals surface area contributed by atoms with Gasteiger partial charge in [-0.2, -0.15) is 0 Å². The minimum Gasteiger partial charge on any atom is -0.375 e. The summed E-state index contributed by atoms with van der Waals surface area (Å²) in [6.45, 7) is 9.46. The summed E-state index contributed by atoms with van der Waals surface area (Å²) < 4.78 is 19.9. The summed E-state index contributed by atoms with van der Waals surface area (Å²) in [7, 11) is 0. The molecule has 1 saturated carbocycles. The molecule has 2 aliphatic rings. The number of ether oxygens (including phenoxy) is 1. The Bertz CT molecular complexity index is 597. The van der Waals surface area contributed by atoms with Crippen LogP contribution >= 0.6 is 0 Å². The lowest BCUT2D eigenvalue weighted by atomic mass is 9.95. The number of hydrogen-bond acceptors (Lipinski definition) is 4. The van der Waals surface area contributed by atoms with Gasteiger partial charge in [-0.25, -0.2) is 10.2 Å². The van der Waals surface area contributed by atoms with E-state index in [-0.39, 0.29) is 30.0 Å². The predicted octanol–water partition coefficient (Wildman–Crippen LogP) is 4.15. The summed E-state index contributed by atoms with van der Waals surface area (Å²) in [6.07, 6.45) is 10.1. The number of halogens is 1. The fourth-order valence-corrected chi connectivity index (χ4v) is 3.57. The van der Waals surface area contributed by atoms with Crippen molar-refractivity contribution in [3.63, 3.8) is 0 Å². The number of nitrogens with zero attached hydrogens (tertiary/aromatic N) is 2. The van der Waals surface area contributed by atoms with Crippen LogP contribution in [0.5, 0.6) is 0 Å². The molecule has 1 heterocycles. The van der Waals surface area contributed by atoms with Crippen molar-refractivity contribution in [2.24, 2.45) is 16.8 Å². The molecule has 6 heteroatoms. The van der Waals surface area contributed by atoms with E-state index in [1.807, 2.05) is 33.8 Å². The molecular formula is C20H33FN4O. The second-order valence-corrected chi connectivity index (χ2v) is 7.53. The monoisotopic (exact) mass is 364 g/mol. The molecule has 1 aliphatic heterocycles. The first kappa shape index (κ1) is 20.6. The Hall–Kier alpha value is -1.66. The van der Waals surface area contributed by atoms with Crippen LogP contribution in [0.4, 0.5) is 4.39 Å². The molecule has 0 aromatic heterocycles. The Kier molecular flexibility index (Phi) is 7.41. The summed E-state index contributed by atoms with van der Waals surface area (Å²) in [5, 5.41) is 4.78. The van der Waals surface area contributed by atoms with Crippen molar-refractivity contribution < 1.29 is 9.13 Å². The van der Waals surface area contributed by atoms with Crippen molar-refractivity contribution >= 4 is 5.84 Å². The number of rotatable bonds is 6. The average Bonchev–Trinajstić information content (AvgIpc) is 3.06. The lowest BCUT2D eigenvalue weighted by Crippen LogP contribution is -2.41. The lowest BCUT2D eigenvalue weighted by Gasteiger charge is -2.29. The molecular weight excluding hydrogens is 331 g/mol. The normalized spacial score (nSPS) is 24.0. The van der Waals surface area contributed by atoms with E-state index in [2.05, 4.69) is 5.32 Å². The van der Waals surface area contributed by atoms with E-state index in [4.69, 9.17) is 15.6 Å². The van der Waals surface area contributed by atoms with Crippen LogP contribution in [0, 0.1) is 5.92 Å². The molecule has 0 aromatic rings. The van der Waals surface area contributed by atoms with Crippen molar-refractivity contribution in [2.75, 3.05) is 0 Å². The molecule has 0 spiro atoms. The molecule has 0 radical (unpaired) electrons. The van der Waals surface area contributed by atoms with Crippen LogP contribution in [-0.2, 0) is 4.74 Å². The first-order valence-electron chi connectivity index (χ1n) is 9.51. The van der Waals surface area contributed by atoms with Crippen LogP contribution in [0.25, 0.3) is 0 Å². The summed E-state index contributed by atoms with van der Waals surface area (Å²) in [4.78, 5) is 4.76. The summed E-state index contributed by atoms with van der Waals surface area (Å²) in [5.74, 6) is 7.13. The maximum atomic E-state index is 13.7. The van der Waals surface area contributed by atoms with E-state index < -0.39 is 0 Å². The smallest absolute Gasteiger partial charge is 0.128 e. The molecule has 26 heavy (non-hydrogen) atoms. The maximum absolute atomic E-state index is 13.7. The van der Waals surface area contributed by atoms with Gasteiger partial charge >= 0.3 is 0 Å². The molecule has 1 fully saturated rings. The maximum Gasteiger partial charge on any atom is 0.128 e. The van der Waals surface area contributed by atoms with Crippen molar-refractivity contribution in [3.05, 3.63) is 35.6 Å². The summed E-state index contributed by atoms with van der Waals surface area (Å²) in [5.41, 5.74) is 1.06. The third kappa shape index (κ3) is 5.68. The second-order valence-electron chi connectivity index (χ2n) is 7.53. The summed E-state index contributed by atoms with van der Waals surface area (Å²) >= 11 is 0. The van der Waals surface area contributed by atoms with Crippen LogP contribution in [0.2, 0.25) is 0 Å². The Morgan fingerprint density at radius 3 is 2.58 bits per heavy atom. The van der Waals surface area contributed by atoms with Crippen LogP contribution in [0.3, 0.4) is 0 Å². The van der Waals surface area contributed by atoms with Gasteiger partial charge in [0.25, 0.3) is 0 Å². The molecule has 0 aromatic carbocycles. The highest BCUT2D eigenvalue weighted by Gasteiger charge is 2.27. The third-order valence-electron chi connectivity index (χ3n) is 4.94. The first-order chi connectivity index (χ1) is 12.3. The Balaban J connectivity index is 2.15. The van der Waals surface area contributed by atoms with E-state index in [0.717, 1.165) is 30.1 Å². The molecule has 146 valence electrons. The van der Waals surface area contributed by atoms with Crippen LogP contribution in [0.1, 0.15) is 60.3 Å². The highest BCUT2D eigenvalue weighted by Crippen LogP contribution is 2.27. The zero-order valence-corrected chi connectivity index (χ0v) is 16.6. The highest BCUT2D eigenvalue weighted by atomic mass is 19.1. The van der Waals surface area contributed by atoms with Gasteiger partial charge in [0.1, 0.15) is 11.7 Å². The fraction of sp³-hybridized carbons (Fsp3) is 0.650. The molecule has 3 atom stereocenters. The van der Waals surface area contributed by atoms with Crippen molar-refractivity contribution in [1.29, 1.82) is 0 Å². The fourth-order valence-electron chi connectivity index (χ4n) is 3.57. The third-order valence-corrected chi connectivity index (χ3v) is 4.94. The van der Waals surface area contributed by atoms with Crippen molar-refractivity contribution in [2.45, 2.75) is 78.6 Å². The zero-order valence-electron chi connectivity index (χ0n) is 16.6. The molecule has 0 amide bonds. The minimum atomic E-state index is -0.200. The molecule has 0 bridgehead atoms. The minimum absolute atomic E-state index is 0.0929. The van der Waals surface area contributed by atoms with Gasteiger partial charge in [-0.3, -0.25) is 10.0 Å². The SMILES string of the molecule is CC(C)=C1NC(=NC(C)C(/C=C(\C)F)C(C)OC2CCCC2)C=CN1N. The van der Waals surface area contributed by atoms with Gasteiger partial charge in [0.15, 0.2) is 0 Å². The molecule has 0 saturated heterocycles. The second kappa shape index (κ2) is 9.33. The molecule has 3 unspecified atom stereocenters.